The van der Waals surface area contributed by atoms with Crippen molar-refractivity contribution in [3.63, 3.8) is 0 Å². The van der Waals surface area contributed by atoms with Gasteiger partial charge < -0.3 is 4.90 Å². The van der Waals surface area contributed by atoms with E-state index in [1.165, 1.54) is 0 Å². The predicted molar refractivity (Wildman–Crippen MR) is 101 cm³/mol. The summed E-state index contributed by atoms with van der Waals surface area (Å²) in [6, 6.07) is 2.20. The molecule has 0 spiro atoms. The van der Waals surface area contributed by atoms with Crippen molar-refractivity contribution < 1.29 is 13.2 Å². The van der Waals surface area contributed by atoms with Crippen LogP contribution in [0.15, 0.2) is 29.5 Å². The van der Waals surface area contributed by atoms with Crippen molar-refractivity contribution in [3.8, 4) is 0 Å². The van der Waals surface area contributed by atoms with Crippen LogP contribution >= 0.6 is 11.3 Å². The van der Waals surface area contributed by atoms with Crippen molar-refractivity contribution in [2.75, 3.05) is 31.1 Å². The molecule has 3 heterocycles. The monoisotopic (exact) mass is 382 g/mol. The first-order chi connectivity index (χ1) is 12.0. The second-order valence-electron chi connectivity index (χ2n) is 7.01. The van der Waals surface area contributed by atoms with E-state index in [9.17, 15) is 13.2 Å². The molecule has 1 aromatic heterocycles. The Morgan fingerprint density at radius 1 is 1.36 bits per heavy atom. The zero-order chi connectivity index (χ0) is 17.9. The molecule has 0 radical (unpaired) electrons. The number of rotatable bonds is 6. The van der Waals surface area contributed by atoms with Gasteiger partial charge in [0.15, 0.2) is 9.84 Å². The smallest absolute Gasteiger partial charge is 0.226 e. The van der Waals surface area contributed by atoms with Gasteiger partial charge in [0.1, 0.15) is 0 Å². The summed E-state index contributed by atoms with van der Waals surface area (Å²) in [5.41, 5.74) is 1.16. The van der Waals surface area contributed by atoms with Gasteiger partial charge in [-0.2, -0.15) is 11.3 Å². The molecule has 0 N–H and O–H groups in total. The molecule has 1 atom stereocenters. The summed E-state index contributed by atoms with van der Waals surface area (Å²) in [6.45, 7) is 6.61. The van der Waals surface area contributed by atoms with Crippen LogP contribution in [0.2, 0.25) is 0 Å². The van der Waals surface area contributed by atoms with E-state index < -0.39 is 9.84 Å². The van der Waals surface area contributed by atoms with E-state index in [4.69, 9.17) is 0 Å². The van der Waals surface area contributed by atoms with Crippen molar-refractivity contribution in [2.24, 2.45) is 5.92 Å². The molecule has 1 unspecified atom stereocenters. The zero-order valence-corrected chi connectivity index (χ0v) is 16.1. The molecule has 2 saturated heterocycles. The van der Waals surface area contributed by atoms with Gasteiger partial charge >= 0.3 is 0 Å². The lowest BCUT2D eigenvalue weighted by Gasteiger charge is -2.36. The number of likely N-dealkylation sites (tertiary alicyclic amines) is 1. The fraction of sp³-hybridized carbons (Fsp3) is 0.611. The maximum absolute atomic E-state index is 12.9. The third kappa shape index (κ3) is 4.71. The van der Waals surface area contributed by atoms with Crippen molar-refractivity contribution in [2.45, 2.75) is 31.8 Å². The molecule has 7 heteroatoms. The quantitative estimate of drug-likeness (QED) is 0.708. The molecule has 0 aliphatic carbocycles. The Morgan fingerprint density at radius 2 is 2.12 bits per heavy atom. The van der Waals surface area contributed by atoms with Gasteiger partial charge in [-0.1, -0.05) is 6.08 Å². The number of amides is 1. The summed E-state index contributed by atoms with van der Waals surface area (Å²) in [6.07, 6.45) is 4.14. The number of thiophene rings is 1. The maximum atomic E-state index is 12.9. The molecule has 1 amide bonds. The van der Waals surface area contributed by atoms with Gasteiger partial charge in [-0.25, -0.2) is 8.42 Å². The van der Waals surface area contributed by atoms with Gasteiger partial charge in [0.2, 0.25) is 5.91 Å². The second kappa shape index (κ2) is 8.01. The molecule has 2 fully saturated rings. The number of hydrogen-bond acceptors (Lipinski definition) is 5. The predicted octanol–water partition coefficient (Wildman–Crippen LogP) is 2.16. The summed E-state index contributed by atoms with van der Waals surface area (Å²) in [5.74, 6) is 0.828. The number of sulfone groups is 1. The minimum atomic E-state index is -2.85. The highest BCUT2D eigenvalue weighted by atomic mass is 32.2. The molecule has 25 heavy (non-hydrogen) atoms. The Labute approximate surface area is 154 Å². The molecule has 2 aliphatic rings. The van der Waals surface area contributed by atoms with Crippen LogP contribution in [0, 0.1) is 5.92 Å². The zero-order valence-electron chi connectivity index (χ0n) is 14.5. The Kier molecular flexibility index (Phi) is 5.96. The first-order valence-electron chi connectivity index (χ1n) is 8.84. The van der Waals surface area contributed by atoms with Crippen LogP contribution in [0.25, 0.3) is 0 Å². The van der Waals surface area contributed by atoms with Gasteiger partial charge in [0.25, 0.3) is 0 Å². The highest BCUT2D eigenvalue weighted by molar-refractivity contribution is 7.91. The third-order valence-corrected chi connectivity index (χ3v) is 7.70. The van der Waals surface area contributed by atoms with Crippen LogP contribution in [0.1, 0.15) is 24.8 Å². The van der Waals surface area contributed by atoms with Crippen LogP contribution in [0.5, 0.6) is 0 Å². The third-order valence-electron chi connectivity index (χ3n) is 5.22. The summed E-state index contributed by atoms with van der Waals surface area (Å²) in [4.78, 5) is 17.1. The second-order valence-corrected chi connectivity index (χ2v) is 10.0. The Hall–Kier alpha value is -1.18. The van der Waals surface area contributed by atoms with Crippen molar-refractivity contribution in [3.05, 3.63) is 35.0 Å². The molecule has 0 bridgehead atoms. The first kappa shape index (κ1) is 18.6. The Bertz CT molecular complexity index is 692. The average molecular weight is 383 g/mol. The van der Waals surface area contributed by atoms with E-state index in [2.05, 4.69) is 22.9 Å². The van der Waals surface area contributed by atoms with Crippen LogP contribution in [0.3, 0.4) is 0 Å². The first-order valence-corrected chi connectivity index (χ1v) is 11.6. The van der Waals surface area contributed by atoms with E-state index in [1.807, 2.05) is 10.3 Å². The van der Waals surface area contributed by atoms with E-state index in [0.717, 1.165) is 37.9 Å². The highest BCUT2D eigenvalue weighted by Crippen LogP contribution is 2.26. The van der Waals surface area contributed by atoms with Crippen molar-refractivity contribution in [1.82, 2.24) is 9.80 Å². The molecule has 138 valence electrons. The largest absolute Gasteiger partial charge is 0.334 e. The van der Waals surface area contributed by atoms with E-state index in [0.29, 0.717) is 18.8 Å². The van der Waals surface area contributed by atoms with Gasteiger partial charge in [-0.15, -0.1) is 6.58 Å². The van der Waals surface area contributed by atoms with Crippen LogP contribution in [0.4, 0.5) is 0 Å². The van der Waals surface area contributed by atoms with E-state index >= 15 is 0 Å². The van der Waals surface area contributed by atoms with Crippen LogP contribution in [-0.4, -0.2) is 61.3 Å². The van der Waals surface area contributed by atoms with Gasteiger partial charge in [0, 0.05) is 25.0 Å². The molecule has 0 aromatic carbocycles. The molecule has 0 saturated carbocycles. The van der Waals surface area contributed by atoms with Crippen LogP contribution in [-0.2, 0) is 21.2 Å². The number of piperidine rings is 1. The molecule has 2 aliphatic heterocycles. The average Bonchev–Trinajstić information content (AvgIpc) is 3.23. The van der Waals surface area contributed by atoms with E-state index in [-0.39, 0.29) is 23.6 Å². The lowest BCUT2D eigenvalue weighted by Crippen LogP contribution is -2.46. The fourth-order valence-electron chi connectivity index (χ4n) is 3.82. The number of carbonyl (C=O) groups excluding carboxylic acids is 1. The number of nitrogens with zero attached hydrogens (tertiary/aromatic N) is 2. The topological polar surface area (TPSA) is 57.7 Å². The van der Waals surface area contributed by atoms with Gasteiger partial charge in [0.05, 0.1) is 11.5 Å². The molecule has 3 rings (SSSR count). The summed E-state index contributed by atoms with van der Waals surface area (Å²) < 4.78 is 23.3. The summed E-state index contributed by atoms with van der Waals surface area (Å²) in [7, 11) is -2.85. The minimum absolute atomic E-state index is 0.0350. The SMILES string of the molecule is C=CCN(Cc1ccsc1)C(=O)C1CCN(C2CCS(=O)(=O)C2)CC1. The standard InChI is InChI=1S/C18H26N2O3S2/c1-2-7-20(12-15-5-10-24-13-15)18(21)16-3-8-19(9-4-16)17-6-11-25(22,23)14-17/h2,5,10,13,16-17H,1,3-4,6-9,11-12,14H2. The van der Waals surface area contributed by atoms with Gasteiger partial charge in [-0.05, 0) is 54.7 Å². The lowest BCUT2D eigenvalue weighted by molar-refractivity contribution is -0.137. The fourth-order valence-corrected chi connectivity index (χ4v) is 6.25. The van der Waals surface area contributed by atoms with Crippen molar-refractivity contribution >= 4 is 27.1 Å². The minimum Gasteiger partial charge on any atom is -0.334 e. The van der Waals surface area contributed by atoms with Crippen molar-refractivity contribution in [1.29, 1.82) is 0 Å². The Balaban J connectivity index is 1.55. The van der Waals surface area contributed by atoms with Gasteiger partial charge in [-0.3, -0.25) is 9.69 Å². The molecule has 1 aromatic rings. The summed E-state index contributed by atoms with van der Waals surface area (Å²) in [5, 5.41) is 4.10. The highest BCUT2D eigenvalue weighted by Gasteiger charge is 2.36. The molecular weight excluding hydrogens is 356 g/mol. The lowest BCUT2D eigenvalue weighted by atomic mass is 9.94. The number of hydrogen-bond donors (Lipinski definition) is 0. The summed E-state index contributed by atoms with van der Waals surface area (Å²) >= 11 is 1.64. The number of carbonyl (C=O) groups is 1. The normalized spacial score (nSPS) is 24.2. The molecular formula is C18H26N2O3S2. The van der Waals surface area contributed by atoms with E-state index in [1.54, 1.807) is 17.4 Å². The Morgan fingerprint density at radius 3 is 2.68 bits per heavy atom. The molecule has 5 nitrogen and oxygen atoms in total. The maximum Gasteiger partial charge on any atom is 0.226 e. The van der Waals surface area contributed by atoms with Crippen LogP contribution < -0.4 is 0 Å².